The molecule has 6 nitrogen and oxygen atoms in total. The molecule has 1 saturated heterocycles. The van der Waals surface area contributed by atoms with Crippen molar-refractivity contribution in [3.05, 3.63) is 59.7 Å². The van der Waals surface area contributed by atoms with Gasteiger partial charge in [-0.15, -0.1) is 5.06 Å². The van der Waals surface area contributed by atoms with E-state index in [1.54, 1.807) is 0 Å². The molecule has 2 aliphatic rings. The van der Waals surface area contributed by atoms with Gasteiger partial charge < -0.3 is 14.3 Å². The number of hydroxylamine groups is 2. The van der Waals surface area contributed by atoms with Crippen molar-refractivity contribution in [3.63, 3.8) is 0 Å². The van der Waals surface area contributed by atoms with Gasteiger partial charge in [-0.2, -0.15) is 0 Å². The van der Waals surface area contributed by atoms with Gasteiger partial charge in [0.1, 0.15) is 6.04 Å². The van der Waals surface area contributed by atoms with Gasteiger partial charge in [0.25, 0.3) is 0 Å². The summed E-state index contributed by atoms with van der Waals surface area (Å²) >= 11 is 0. The van der Waals surface area contributed by atoms with Gasteiger partial charge in [0.05, 0.1) is 13.0 Å². The van der Waals surface area contributed by atoms with Gasteiger partial charge in [-0.25, -0.2) is 9.59 Å². The van der Waals surface area contributed by atoms with Crippen LogP contribution in [0.25, 0.3) is 11.1 Å². The Hall–Kier alpha value is -2.86. The monoisotopic (exact) mass is 367 g/mol. The van der Waals surface area contributed by atoms with Crippen LogP contribution in [-0.4, -0.2) is 37.4 Å². The summed E-state index contributed by atoms with van der Waals surface area (Å²) in [5, 5.41) is 1.07. The molecule has 0 saturated carbocycles. The second kappa shape index (κ2) is 7.40. The Bertz CT molecular complexity index is 814. The van der Waals surface area contributed by atoms with Crippen LogP contribution in [0.15, 0.2) is 48.5 Å². The number of hydrogen-bond donors (Lipinski definition) is 0. The fraction of sp³-hybridized carbons (Fsp3) is 0.333. The Balaban J connectivity index is 1.70. The van der Waals surface area contributed by atoms with Crippen molar-refractivity contribution >= 4 is 12.1 Å². The van der Waals surface area contributed by atoms with Gasteiger partial charge in [0.2, 0.25) is 0 Å². The highest BCUT2D eigenvalue weighted by Gasteiger charge is 2.39. The van der Waals surface area contributed by atoms with E-state index in [4.69, 9.17) is 14.3 Å². The fourth-order valence-corrected chi connectivity index (χ4v) is 3.77. The van der Waals surface area contributed by atoms with E-state index in [2.05, 4.69) is 0 Å². The fourth-order valence-electron chi connectivity index (χ4n) is 3.77. The Kier molecular flexibility index (Phi) is 4.81. The molecule has 1 heterocycles. The van der Waals surface area contributed by atoms with E-state index in [0.717, 1.165) is 27.3 Å². The first kappa shape index (κ1) is 17.5. The van der Waals surface area contributed by atoms with E-state index in [1.165, 1.54) is 7.11 Å². The van der Waals surface area contributed by atoms with Crippen molar-refractivity contribution < 1.29 is 23.9 Å². The minimum atomic E-state index is -0.702. The summed E-state index contributed by atoms with van der Waals surface area (Å²) in [5.41, 5.74) is 3.86. The number of rotatable bonds is 2. The molecular weight excluding hydrogens is 346 g/mol. The van der Waals surface area contributed by atoms with Crippen molar-refractivity contribution in [2.75, 3.05) is 20.3 Å². The smallest absolute Gasteiger partial charge is 0.443 e. The van der Waals surface area contributed by atoms with Crippen LogP contribution in [0, 0.1) is 5.92 Å². The Morgan fingerprint density at radius 1 is 0.963 bits per heavy atom. The number of methoxy groups -OCH3 is 1. The third kappa shape index (κ3) is 3.17. The van der Waals surface area contributed by atoms with Crippen molar-refractivity contribution in [1.29, 1.82) is 0 Å². The number of carbonyl (C=O) groups excluding carboxylic acids is 2. The Morgan fingerprint density at radius 2 is 1.52 bits per heavy atom. The van der Waals surface area contributed by atoms with Gasteiger partial charge in [-0.05, 0) is 35.1 Å². The number of nitrogens with zero attached hydrogens (tertiary/aromatic N) is 1. The van der Waals surface area contributed by atoms with Gasteiger partial charge >= 0.3 is 12.1 Å². The lowest BCUT2D eigenvalue weighted by Crippen LogP contribution is -2.39. The highest BCUT2D eigenvalue weighted by molar-refractivity contribution is 5.82. The molecule has 2 aromatic carbocycles. The molecule has 0 unspecified atom stereocenters. The molecule has 4 rings (SSSR count). The molecule has 140 valence electrons. The molecule has 0 radical (unpaired) electrons. The topological polar surface area (TPSA) is 65.1 Å². The van der Waals surface area contributed by atoms with E-state index in [1.807, 2.05) is 48.5 Å². The number of ether oxygens (including phenoxy) is 2. The molecule has 27 heavy (non-hydrogen) atoms. The van der Waals surface area contributed by atoms with Crippen LogP contribution in [0.5, 0.6) is 0 Å². The minimum absolute atomic E-state index is 0.280. The summed E-state index contributed by atoms with van der Waals surface area (Å²) in [6.07, 6.45) is 0.476. The average molecular weight is 367 g/mol. The van der Waals surface area contributed by atoms with Crippen LogP contribution < -0.4 is 0 Å². The highest BCUT2D eigenvalue weighted by atomic mass is 16.8. The van der Waals surface area contributed by atoms with E-state index in [0.29, 0.717) is 26.1 Å². The first-order chi connectivity index (χ1) is 13.2. The molecule has 6 heteroatoms. The molecule has 0 N–H and O–H groups in total. The molecule has 1 aliphatic carbocycles. The third-order valence-electron chi connectivity index (χ3n) is 5.13. The first-order valence-corrected chi connectivity index (χ1v) is 9.05. The summed E-state index contributed by atoms with van der Waals surface area (Å²) in [4.78, 5) is 30.8. The van der Waals surface area contributed by atoms with E-state index >= 15 is 0 Å². The third-order valence-corrected chi connectivity index (χ3v) is 5.13. The Morgan fingerprint density at radius 3 is 2.07 bits per heavy atom. The van der Waals surface area contributed by atoms with Crippen LogP contribution in [0.3, 0.4) is 0 Å². The number of fused-ring (bicyclic) bond motifs is 3. The first-order valence-electron chi connectivity index (χ1n) is 9.05. The quantitative estimate of drug-likeness (QED) is 0.757. The standard InChI is InChI=1S/C21H21NO5/c1-25-21(24)22(27-20(23)14-10-12-26-13-11-14)19-17-8-4-2-6-15(17)16-7-3-5-9-18(16)19/h2-9,14,19H,10-13H2,1H3. The largest absolute Gasteiger partial charge is 0.451 e. The average Bonchev–Trinajstić information content (AvgIpc) is 3.06. The maximum Gasteiger partial charge on any atom is 0.443 e. The van der Waals surface area contributed by atoms with Gasteiger partial charge in [0.15, 0.2) is 0 Å². The molecule has 0 bridgehead atoms. The molecule has 1 fully saturated rings. The summed E-state index contributed by atoms with van der Waals surface area (Å²) in [6.45, 7) is 1.04. The van der Waals surface area contributed by atoms with Crippen LogP contribution >= 0.6 is 0 Å². The molecule has 1 aliphatic heterocycles. The molecule has 0 aromatic heterocycles. The summed E-state index contributed by atoms with van der Waals surface area (Å²) in [6, 6.07) is 15.1. The summed E-state index contributed by atoms with van der Waals surface area (Å²) in [7, 11) is 1.28. The minimum Gasteiger partial charge on any atom is -0.451 e. The van der Waals surface area contributed by atoms with Gasteiger partial charge in [0, 0.05) is 13.2 Å². The lowest BCUT2D eigenvalue weighted by Gasteiger charge is -2.29. The van der Waals surface area contributed by atoms with Gasteiger partial charge in [-0.3, -0.25) is 0 Å². The zero-order chi connectivity index (χ0) is 18.8. The van der Waals surface area contributed by atoms with Crippen LogP contribution in [0.2, 0.25) is 0 Å². The lowest BCUT2D eigenvalue weighted by molar-refractivity contribution is -0.195. The zero-order valence-electron chi connectivity index (χ0n) is 15.1. The molecular formula is C21H21NO5. The number of amides is 1. The van der Waals surface area contributed by atoms with Crippen LogP contribution in [0.4, 0.5) is 4.79 Å². The summed E-state index contributed by atoms with van der Waals surface area (Å²) in [5.74, 6) is -0.705. The van der Waals surface area contributed by atoms with Crippen molar-refractivity contribution in [2.24, 2.45) is 5.92 Å². The predicted molar refractivity (Wildman–Crippen MR) is 97.6 cm³/mol. The normalized spacial score (nSPS) is 16.3. The van der Waals surface area contributed by atoms with E-state index in [-0.39, 0.29) is 5.92 Å². The SMILES string of the molecule is COC(=O)N(OC(=O)C1CCOCC1)C1c2ccccc2-c2ccccc21. The van der Waals surface area contributed by atoms with Crippen molar-refractivity contribution in [3.8, 4) is 11.1 Å². The number of benzene rings is 2. The predicted octanol–water partition coefficient (Wildman–Crippen LogP) is 3.71. The number of hydrogen-bond acceptors (Lipinski definition) is 5. The van der Waals surface area contributed by atoms with Crippen molar-refractivity contribution in [2.45, 2.75) is 18.9 Å². The van der Waals surface area contributed by atoms with Crippen LogP contribution in [-0.2, 0) is 19.1 Å². The van der Waals surface area contributed by atoms with E-state index in [9.17, 15) is 9.59 Å². The second-order valence-electron chi connectivity index (χ2n) is 6.67. The molecule has 0 spiro atoms. The second-order valence-corrected chi connectivity index (χ2v) is 6.67. The molecule has 2 aromatic rings. The number of carbonyl (C=O) groups is 2. The van der Waals surface area contributed by atoms with Crippen molar-refractivity contribution in [1.82, 2.24) is 5.06 Å². The van der Waals surface area contributed by atoms with Crippen LogP contribution in [0.1, 0.15) is 30.0 Å². The maximum atomic E-state index is 12.7. The van der Waals surface area contributed by atoms with Gasteiger partial charge in [-0.1, -0.05) is 48.5 Å². The summed E-state index contributed by atoms with van der Waals surface area (Å²) < 4.78 is 10.2. The highest BCUT2D eigenvalue weighted by Crippen LogP contribution is 2.46. The maximum absolute atomic E-state index is 12.7. The Labute approximate surface area is 157 Å². The lowest BCUT2D eigenvalue weighted by atomic mass is 10.0. The molecule has 1 amide bonds. The van der Waals surface area contributed by atoms with E-state index < -0.39 is 18.1 Å². The zero-order valence-corrected chi connectivity index (χ0v) is 15.1. The molecule has 0 atom stereocenters.